The molecule has 84 valence electrons. The minimum absolute atomic E-state index is 0.753. The average molecular weight is 215 g/mol. The number of anilines is 1. The molecular weight excluding hydrogens is 198 g/mol. The van der Waals surface area contributed by atoms with Gasteiger partial charge in [0.2, 0.25) is 0 Å². The molecule has 0 aromatic heterocycles. The van der Waals surface area contributed by atoms with Gasteiger partial charge >= 0.3 is 0 Å². The van der Waals surface area contributed by atoms with Crippen molar-refractivity contribution < 1.29 is 4.74 Å². The number of fused-ring (bicyclic) bond motifs is 1. The fraction of sp³-hybridized carbons (Fsp3) is 0.286. The summed E-state index contributed by atoms with van der Waals surface area (Å²) in [4.78, 5) is 0. The Morgan fingerprint density at radius 3 is 2.69 bits per heavy atom. The number of nitrogens with one attached hydrogen (secondary N) is 1. The van der Waals surface area contributed by atoms with E-state index in [-0.39, 0.29) is 0 Å². The van der Waals surface area contributed by atoms with Crippen LogP contribution < -0.4 is 5.32 Å². The van der Waals surface area contributed by atoms with Crippen molar-refractivity contribution in [3.8, 4) is 0 Å². The molecule has 0 atom stereocenters. The van der Waals surface area contributed by atoms with Crippen molar-refractivity contribution in [1.29, 1.82) is 0 Å². The van der Waals surface area contributed by atoms with E-state index in [2.05, 4.69) is 47.8 Å². The predicted molar refractivity (Wildman–Crippen MR) is 68.9 cm³/mol. The van der Waals surface area contributed by atoms with Crippen LogP contribution >= 0.6 is 0 Å². The summed E-state index contributed by atoms with van der Waals surface area (Å²) >= 11 is 0. The van der Waals surface area contributed by atoms with Crippen LogP contribution in [0.3, 0.4) is 0 Å². The Morgan fingerprint density at radius 1 is 1.06 bits per heavy atom. The monoisotopic (exact) mass is 215 g/mol. The Labute approximate surface area is 96.2 Å². The smallest absolute Gasteiger partial charge is 0.0638 e. The van der Waals surface area contributed by atoms with Crippen LogP contribution in [0.4, 0.5) is 5.69 Å². The van der Waals surface area contributed by atoms with Crippen LogP contribution in [0.1, 0.15) is 6.92 Å². The summed E-state index contributed by atoms with van der Waals surface area (Å²) < 4.78 is 5.28. The fourth-order valence-corrected chi connectivity index (χ4v) is 1.71. The normalized spacial score (nSPS) is 10.6. The molecule has 0 fully saturated rings. The SMILES string of the molecule is CCOCCNc1ccc2ccccc2c1. The zero-order valence-corrected chi connectivity index (χ0v) is 9.57. The largest absolute Gasteiger partial charge is 0.383 e. The summed E-state index contributed by atoms with van der Waals surface area (Å²) in [6, 6.07) is 14.8. The summed E-state index contributed by atoms with van der Waals surface area (Å²) in [6.07, 6.45) is 0. The van der Waals surface area contributed by atoms with Gasteiger partial charge < -0.3 is 10.1 Å². The highest BCUT2D eigenvalue weighted by Crippen LogP contribution is 2.18. The first-order chi connectivity index (χ1) is 7.90. The highest BCUT2D eigenvalue weighted by atomic mass is 16.5. The van der Waals surface area contributed by atoms with Gasteiger partial charge in [-0.2, -0.15) is 0 Å². The lowest BCUT2D eigenvalue weighted by Gasteiger charge is -2.07. The van der Waals surface area contributed by atoms with Crippen molar-refractivity contribution in [2.24, 2.45) is 0 Å². The molecular formula is C14H17NO. The van der Waals surface area contributed by atoms with Crippen LogP contribution in [0.5, 0.6) is 0 Å². The standard InChI is InChI=1S/C14H17NO/c1-2-16-10-9-15-14-8-7-12-5-3-4-6-13(12)11-14/h3-8,11,15H,2,9-10H2,1H3. The van der Waals surface area contributed by atoms with Crippen LogP contribution in [-0.2, 0) is 4.74 Å². The quantitative estimate of drug-likeness (QED) is 0.773. The average Bonchev–Trinajstić information content (AvgIpc) is 2.34. The second-order valence-corrected chi connectivity index (χ2v) is 3.69. The van der Waals surface area contributed by atoms with Crippen LogP contribution in [0, 0.1) is 0 Å². The van der Waals surface area contributed by atoms with Gasteiger partial charge in [0.25, 0.3) is 0 Å². The molecule has 0 aliphatic heterocycles. The van der Waals surface area contributed by atoms with Gasteiger partial charge in [-0.15, -0.1) is 0 Å². The number of hydrogen-bond donors (Lipinski definition) is 1. The highest BCUT2D eigenvalue weighted by molar-refractivity contribution is 5.85. The van der Waals surface area contributed by atoms with E-state index in [1.165, 1.54) is 10.8 Å². The molecule has 2 heteroatoms. The molecule has 0 amide bonds. The molecule has 0 unspecified atom stereocenters. The first kappa shape index (κ1) is 11.0. The molecule has 0 spiro atoms. The third kappa shape index (κ3) is 2.74. The molecule has 2 nitrogen and oxygen atoms in total. The third-order valence-electron chi connectivity index (χ3n) is 2.53. The molecule has 16 heavy (non-hydrogen) atoms. The number of rotatable bonds is 5. The van der Waals surface area contributed by atoms with Gasteiger partial charge in [0, 0.05) is 18.8 Å². The molecule has 0 saturated heterocycles. The molecule has 0 saturated carbocycles. The van der Waals surface area contributed by atoms with Gasteiger partial charge in [-0.05, 0) is 29.8 Å². The van der Waals surface area contributed by atoms with Crippen molar-refractivity contribution in [2.45, 2.75) is 6.92 Å². The lowest BCUT2D eigenvalue weighted by Crippen LogP contribution is -2.08. The first-order valence-electron chi connectivity index (χ1n) is 5.70. The second kappa shape index (κ2) is 5.52. The minimum atomic E-state index is 0.753. The molecule has 0 radical (unpaired) electrons. The summed E-state index contributed by atoms with van der Waals surface area (Å²) in [5.41, 5.74) is 1.15. The van der Waals surface area contributed by atoms with Gasteiger partial charge in [-0.25, -0.2) is 0 Å². The molecule has 0 aliphatic rings. The maximum Gasteiger partial charge on any atom is 0.0638 e. The zero-order chi connectivity index (χ0) is 11.2. The summed E-state index contributed by atoms with van der Waals surface area (Å²) in [5, 5.41) is 5.89. The van der Waals surface area contributed by atoms with Gasteiger partial charge in [0.1, 0.15) is 0 Å². The molecule has 0 aliphatic carbocycles. The summed E-state index contributed by atoms with van der Waals surface area (Å²) in [5.74, 6) is 0. The van der Waals surface area contributed by atoms with Crippen molar-refractivity contribution >= 4 is 16.5 Å². The van der Waals surface area contributed by atoms with E-state index < -0.39 is 0 Å². The Bertz CT molecular complexity index is 453. The van der Waals surface area contributed by atoms with E-state index in [1.54, 1.807) is 0 Å². The van der Waals surface area contributed by atoms with E-state index in [4.69, 9.17) is 4.74 Å². The fourth-order valence-electron chi connectivity index (χ4n) is 1.71. The van der Waals surface area contributed by atoms with E-state index in [0.29, 0.717) is 0 Å². The van der Waals surface area contributed by atoms with E-state index in [0.717, 1.165) is 25.4 Å². The summed E-state index contributed by atoms with van der Waals surface area (Å²) in [6.45, 7) is 4.39. The number of benzene rings is 2. The third-order valence-corrected chi connectivity index (χ3v) is 2.53. The van der Waals surface area contributed by atoms with Crippen molar-refractivity contribution in [1.82, 2.24) is 0 Å². The van der Waals surface area contributed by atoms with Gasteiger partial charge in [-0.1, -0.05) is 30.3 Å². The van der Waals surface area contributed by atoms with Crippen LogP contribution in [-0.4, -0.2) is 19.8 Å². The van der Waals surface area contributed by atoms with E-state index in [9.17, 15) is 0 Å². The lowest BCUT2D eigenvalue weighted by molar-refractivity contribution is 0.158. The van der Waals surface area contributed by atoms with Gasteiger partial charge in [-0.3, -0.25) is 0 Å². The molecule has 0 heterocycles. The minimum Gasteiger partial charge on any atom is -0.383 e. The predicted octanol–water partition coefficient (Wildman–Crippen LogP) is 3.29. The molecule has 2 aromatic carbocycles. The van der Waals surface area contributed by atoms with Gasteiger partial charge in [0.05, 0.1) is 6.61 Å². The Hall–Kier alpha value is -1.54. The van der Waals surface area contributed by atoms with Gasteiger partial charge in [0.15, 0.2) is 0 Å². The Morgan fingerprint density at radius 2 is 1.88 bits per heavy atom. The zero-order valence-electron chi connectivity index (χ0n) is 9.57. The molecule has 2 aromatic rings. The van der Waals surface area contributed by atoms with Crippen LogP contribution in [0.15, 0.2) is 42.5 Å². The van der Waals surface area contributed by atoms with Crippen LogP contribution in [0.2, 0.25) is 0 Å². The second-order valence-electron chi connectivity index (χ2n) is 3.69. The molecule has 0 bridgehead atoms. The first-order valence-corrected chi connectivity index (χ1v) is 5.70. The van der Waals surface area contributed by atoms with Crippen molar-refractivity contribution in [2.75, 3.05) is 25.1 Å². The Balaban J connectivity index is 2.02. The number of ether oxygens (including phenoxy) is 1. The van der Waals surface area contributed by atoms with Crippen molar-refractivity contribution in [3.05, 3.63) is 42.5 Å². The van der Waals surface area contributed by atoms with E-state index in [1.807, 2.05) is 6.92 Å². The van der Waals surface area contributed by atoms with Crippen molar-refractivity contribution in [3.63, 3.8) is 0 Å². The van der Waals surface area contributed by atoms with E-state index >= 15 is 0 Å². The Kier molecular flexibility index (Phi) is 3.78. The summed E-state index contributed by atoms with van der Waals surface area (Å²) in [7, 11) is 0. The van der Waals surface area contributed by atoms with Crippen LogP contribution in [0.25, 0.3) is 10.8 Å². The maximum atomic E-state index is 5.28. The topological polar surface area (TPSA) is 21.3 Å². The highest BCUT2D eigenvalue weighted by Gasteiger charge is 1.94. The lowest BCUT2D eigenvalue weighted by atomic mass is 10.1. The maximum absolute atomic E-state index is 5.28. The molecule has 2 rings (SSSR count). The number of hydrogen-bond acceptors (Lipinski definition) is 2. The molecule has 1 N–H and O–H groups in total.